The molecule has 2 N–H and O–H groups in total. The Morgan fingerprint density at radius 1 is 1.17 bits per heavy atom. The molecule has 90 valence electrons. The Morgan fingerprint density at radius 2 is 2.06 bits per heavy atom. The minimum absolute atomic E-state index is 0.555. The summed E-state index contributed by atoms with van der Waals surface area (Å²) in [5.41, 5.74) is 9.09. The molecule has 0 spiro atoms. The molecule has 2 heterocycles. The van der Waals surface area contributed by atoms with Crippen LogP contribution < -0.4 is 5.73 Å². The van der Waals surface area contributed by atoms with Gasteiger partial charge in [0.1, 0.15) is 0 Å². The number of hydrogen-bond donors (Lipinski definition) is 1. The SMILES string of the molecule is Cc1ccc2cc(-c3cc(CN)ccn3)sc2c1. The van der Waals surface area contributed by atoms with Crippen molar-refractivity contribution in [3.05, 3.63) is 53.7 Å². The monoisotopic (exact) mass is 254 g/mol. The highest BCUT2D eigenvalue weighted by Gasteiger charge is 2.06. The lowest BCUT2D eigenvalue weighted by Gasteiger charge is -1.99. The standard InChI is InChI=1S/C15H14N2S/c1-10-2-3-12-8-15(18-14(12)6-10)13-7-11(9-16)4-5-17-13/h2-8H,9,16H2,1H3. The molecule has 0 saturated carbocycles. The van der Waals surface area contributed by atoms with Crippen molar-refractivity contribution in [2.75, 3.05) is 0 Å². The molecule has 0 radical (unpaired) electrons. The number of rotatable bonds is 2. The fourth-order valence-electron chi connectivity index (χ4n) is 2.00. The maximum Gasteiger partial charge on any atom is 0.0805 e. The van der Waals surface area contributed by atoms with Gasteiger partial charge in [-0.3, -0.25) is 4.98 Å². The predicted octanol–water partition coefficient (Wildman–Crippen LogP) is 3.73. The molecule has 0 amide bonds. The van der Waals surface area contributed by atoms with Crippen LogP contribution in [0, 0.1) is 6.92 Å². The highest BCUT2D eigenvalue weighted by Crippen LogP contribution is 2.33. The molecule has 0 aliphatic carbocycles. The lowest BCUT2D eigenvalue weighted by Crippen LogP contribution is -1.96. The molecule has 0 bridgehead atoms. The molecule has 18 heavy (non-hydrogen) atoms. The third-order valence-corrected chi connectivity index (χ3v) is 4.11. The summed E-state index contributed by atoms with van der Waals surface area (Å²) >= 11 is 1.78. The van der Waals surface area contributed by atoms with Crippen LogP contribution in [0.5, 0.6) is 0 Å². The summed E-state index contributed by atoms with van der Waals surface area (Å²) in [5.74, 6) is 0. The van der Waals surface area contributed by atoms with Crippen LogP contribution >= 0.6 is 11.3 Å². The van der Waals surface area contributed by atoms with Gasteiger partial charge >= 0.3 is 0 Å². The first-order chi connectivity index (χ1) is 8.76. The van der Waals surface area contributed by atoms with Gasteiger partial charge in [0.05, 0.1) is 10.6 Å². The molecule has 2 nitrogen and oxygen atoms in total. The summed E-state index contributed by atoms with van der Waals surface area (Å²) in [6, 6.07) is 12.7. The van der Waals surface area contributed by atoms with Crippen LogP contribution in [0.3, 0.4) is 0 Å². The molecule has 3 aromatic rings. The number of fused-ring (bicyclic) bond motifs is 1. The fourth-order valence-corrected chi connectivity index (χ4v) is 3.13. The maximum atomic E-state index is 5.67. The topological polar surface area (TPSA) is 38.9 Å². The van der Waals surface area contributed by atoms with Crippen molar-refractivity contribution in [1.29, 1.82) is 0 Å². The first kappa shape index (κ1) is 11.4. The largest absolute Gasteiger partial charge is 0.326 e. The average molecular weight is 254 g/mol. The van der Waals surface area contributed by atoms with Crippen molar-refractivity contribution in [2.45, 2.75) is 13.5 Å². The van der Waals surface area contributed by atoms with Gasteiger partial charge in [0.25, 0.3) is 0 Å². The van der Waals surface area contributed by atoms with Crippen LogP contribution in [0.15, 0.2) is 42.6 Å². The molecule has 3 heteroatoms. The van der Waals surface area contributed by atoms with E-state index in [1.54, 1.807) is 11.3 Å². The molecule has 1 aromatic carbocycles. The van der Waals surface area contributed by atoms with Crippen molar-refractivity contribution < 1.29 is 0 Å². The van der Waals surface area contributed by atoms with E-state index in [0.717, 1.165) is 11.3 Å². The molecule has 2 aromatic heterocycles. The van der Waals surface area contributed by atoms with E-state index in [-0.39, 0.29) is 0 Å². The Kier molecular flexibility index (Phi) is 2.86. The fraction of sp³-hybridized carbons (Fsp3) is 0.133. The van der Waals surface area contributed by atoms with Crippen LogP contribution in [0.25, 0.3) is 20.7 Å². The second-order valence-corrected chi connectivity index (χ2v) is 5.49. The van der Waals surface area contributed by atoms with E-state index < -0.39 is 0 Å². The summed E-state index contributed by atoms with van der Waals surface area (Å²) in [5, 5.41) is 1.28. The molecule has 0 saturated heterocycles. The van der Waals surface area contributed by atoms with Gasteiger partial charge in [0.15, 0.2) is 0 Å². The van der Waals surface area contributed by atoms with E-state index >= 15 is 0 Å². The Balaban J connectivity index is 2.13. The number of hydrogen-bond acceptors (Lipinski definition) is 3. The second kappa shape index (κ2) is 4.52. The Hall–Kier alpha value is -1.71. The van der Waals surface area contributed by atoms with E-state index in [2.05, 4.69) is 42.2 Å². The van der Waals surface area contributed by atoms with Gasteiger partial charge in [0.2, 0.25) is 0 Å². The van der Waals surface area contributed by atoms with Gasteiger partial charge in [-0.25, -0.2) is 0 Å². The van der Waals surface area contributed by atoms with Crippen LogP contribution in [-0.2, 0) is 6.54 Å². The van der Waals surface area contributed by atoms with Gasteiger partial charge in [-0.15, -0.1) is 11.3 Å². The van der Waals surface area contributed by atoms with Crippen molar-refractivity contribution >= 4 is 21.4 Å². The number of benzene rings is 1. The molecular formula is C15H14N2S. The normalized spacial score (nSPS) is 11.0. The smallest absolute Gasteiger partial charge is 0.0805 e. The van der Waals surface area contributed by atoms with Crippen LogP contribution in [-0.4, -0.2) is 4.98 Å². The quantitative estimate of drug-likeness (QED) is 0.756. The van der Waals surface area contributed by atoms with Crippen LogP contribution in [0.4, 0.5) is 0 Å². The van der Waals surface area contributed by atoms with Gasteiger partial charge in [-0.1, -0.05) is 12.1 Å². The van der Waals surface area contributed by atoms with Gasteiger partial charge < -0.3 is 5.73 Å². The minimum atomic E-state index is 0.555. The third kappa shape index (κ3) is 2.03. The van der Waals surface area contributed by atoms with Crippen molar-refractivity contribution in [3.63, 3.8) is 0 Å². The van der Waals surface area contributed by atoms with Crippen LogP contribution in [0.2, 0.25) is 0 Å². The molecule has 3 rings (SSSR count). The zero-order valence-corrected chi connectivity index (χ0v) is 11.0. The molecule has 0 unspecified atom stereocenters. The number of nitrogens with zero attached hydrogens (tertiary/aromatic N) is 1. The third-order valence-electron chi connectivity index (χ3n) is 2.99. The number of thiophene rings is 1. The Morgan fingerprint density at radius 3 is 2.89 bits per heavy atom. The van der Waals surface area contributed by atoms with E-state index in [9.17, 15) is 0 Å². The lowest BCUT2D eigenvalue weighted by molar-refractivity contribution is 1.06. The van der Waals surface area contributed by atoms with E-state index in [0.29, 0.717) is 6.54 Å². The van der Waals surface area contributed by atoms with Gasteiger partial charge in [-0.05, 0) is 47.7 Å². The van der Waals surface area contributed by atoms with E-state index in [4.69, 9.17) is 5.73 Å². The molecule has 0 aliphatic heterocycles. The molecule has 0 atom stereocenters. The molecule has 0 fully saturated rings. The minimum Gasteiger partial charge on any atom is -0.326 e. The number of aryl methyl sites for hydroxylation is 1. The Bertz CT molecular complexity index is 701. The number of nitrogens with two attached hydrogens (primary N) is 1. The molecular weight excluding hydrogens is 240 g/mol. The highest BCUT2D eigenvalue weighted by molar-refractivity contribution is 7.22. The first-order valence-electron chi connectivity index (χ1n) is 5.92. The maximum absolute atomic E-state index is 5.67. The second-order valence-electron chi connectivity index (χ2n) is 4.41. The summed E-state index contributed by atoms with van der Waals surface area (Å²) in [6.07, 6.45) is 1.83. The highest BCUT2D eigenvalue weighted by atomic mass is 32.1. The summed E-state index contributed by atoms with van der Waals surface area (Å²) in [7, 11) is 0. The summed E-state index contributed by atoms with van der Waals surface area (Å²) in [6.45, 7) is 2.67. The van der Waals surface area contributed by atoms with Gasteiger partial charge in [-0.2, -0.15) is 0 Å². The van der Waals surface area contributed by atoms with E-state index in [1.165, 1.54) is 20.5 Å². The van der Waals surface area contributed by atoms with Crippen molar-refractivity contribution in [2.24, 2.45) is 5.73 Å². The van der Waals surface area contributed by atoms with E-state index in [1.807, 2.05) is 12.3 Å². The van der Waals surface area contributed by atoms with Gasteiger partial charge in [0, 0.05) is 17.4 Å². The molecule has 0 aliphatic rings. The summed E-state index contributed by atoms with van der Waals surface area (Å²) < 4.78 is 1.31. The Labute approximate surface area is 110 Å². The average Bonchev–Trinajstić information content (AvgIpc) is 2.81. The van der Waals surface area contributed by atoms with Crippen molar-refractivity contribution in [3.8, 4) is 10.6 Å². The predicted molar refractivity (Wildman–Crippen MR) is 77.7 cm³/mol. The van der Waals surface area contributed by atoms with Crippen molar-refractivity contribution in [1.82, 2.24) is 4.98 Å². The zero-order valence-electron chi connectivity index (χ0n) is 10.2. The number of aromatic nitrogens is 1. The lowest BCUT2D eigenvalue weighted by atomic mass is 10.1. The first-order valence-corrected chi connectivity index (χ1v) is 6.73. The van der Waals surface area contributed by atoms with Crippen LogP contribution in [0.1, 0.15) is 11.1 Å². The number of pyridine rings is 1. The summed E-state index contributed by atoms with van der Waals surface area (Å²) in [4.78, 5) is 5.63. The zero-order chi connectivity index (χ0) is 12.5.